The maximum Gasteiger partial charge on any atom is 0.190 e. The molecule has 0 aliphatic heterocycles. The molecule has 0 spiro atoms. The second kappa shape index (κ2) is 5.86. The zero-order chi connectivity index (χ0) is 19.8. The molecule has 2 fully saturated rings. The number of rotatable bonds is 2. The summed E-state index contributed by atoms with van der Waals surface area (Å²) in [5.74, 6) is -1.08. The lowest BCUT2D eigenvalue weighted by Crippen LogP contribution is -2.61. The maximum absolute atomic E-state index is 12.4. The monoisotopic (exact) mass is 392 g/mol. The summed E-state index contributed by atoms with van der Waals surface area (Å²) in [7, 11) is 0. The molecule has 4 aliphatic rings. The van der Waals surface area contributed by atoms with Crippen LogP contribution in [0.5, 0.6) is 0 Å². The van der Waals surface area contributed by atoms with E-state index in [0.717, 1.165) is 5.57 Å². The third-order valence-electron chi connectivity index (χ3n) is 7.86. The number of ketones is 2. The zero-order valence-electron chi connectivity index (χ0n) is 15.5. The van der Waals surface area contributed by atoms with E-state index < -0.39 is 34.9 Å². The van der Waals surface area contributed by atoms with Crippen molar-refractivity contribution in [3.63, 3.8) is 0 Å². The van der Waals surface area contributed by atoms with Gasteiger partial charge in [-0.3, -0.25) is 9.59 Å². The first-order valence-corrected chi connectivity index (χ1v) is 9.84. The predicted octanol–water partition coefficient (Wildman–Crippen LogP) is 1.90. The van der Waals surface area contributed by atoms with Crippen molar-refractivity contribution in [3.8, 4) is 0 Å². The zero-order valence-corrected chi connectivity index (χ0v) is 16.2. The molecule has 0 aromatic heterocycles. The molecule has 0 amide bonds. The average molecular weight is 393 g/mol. The number of hydrogen-bond donors (Lipinski definition) is 3. The Balaban J connectivity index is 1.84. The van der Waals surface area contributed by atoms with Gasteiger partial charge < -0.3 is 15.3 Å². The lowest BCUT2D eigenvalue weighted by atomic mass is 9.48. The molecule has 0 heterocycles. The van der Waals surface area contributed by atoms with Crippen molar-refractivity contribution in [2.24, 2.45) is 28.6 Å². The Hall–Kier alpha value is -1.27. The molecule has 0 saturated heterocycles. The first kappa shape index (κ1) is 19.1. The fraction of sp³-hybridized carbons (Fsp3) is 0.619. The van der Waals surface area contributed by atoms with Gasteiger partial charge in [0.2, 0.25) is 0 Å². The summed E-state index contributed by atoms with van der Waals surface area (Å²) in [4.78, 5) is 24.2. The largest absolute Gasteiger partial charge is 0.393 e. The van der Waals surface area contributed by atoms with Crippen LogP contribution in [0.15, 0.2) is 34.9 Å². The van der Waals surface area contributed by atoms with Gasteiger partial charge in [0.1, 0.15) is 12.2 Å². The Morgan fingerprint density at radius 1 is 1.37 bits per heavy atom. The SMILES string of the molecule is C[C@]12C=CC(=O)C=C1C(Cl)=C[C@@H]1C2[C@@H](O)C[C@@]2(C)[C@H]1CC[C@]2(O)C(=O)CO. The lowest BCUT2D eigenvalue weighted by molar-refractivity contribution is -0.172. The van der Waals surface area contributed by atoms with Crippen LogP contribution in [0.2, 0.25) is 0 Å². The minimum absolute atomic E-state index is 0.0513. The molecule has 4 aliphatic carbocycles. The van der Waals surface area contributed by atoms with E-state index >= 15 is 0 Å². The number of fused-ring (bicyclic) bond motifs is 5. The molecule has 0 aromatic carbocycles. The molecule has 3 N–H and O–H groups in total. The van der Waals surface area contributed by atoms with Gasteiger partial charge in [0, 0.05) is 21.8 Å². The van der Waals surface area contributed by atoms with Crippen molar-refractivity contribution in [2.45, 2.75) is 44.8 Å². The summed E-state index contributed by atoms with van der Waals surface area (Å²) in [5.41, 5.74) is -2.34. The topological polar surface area (TPSA) is 94.8 Å². The quantitative estimate of drug-likeness (QED) is 0.667. The van der Waals surface area contributed by atoms with E-state index in [2.05, 4.69) is 0 Å². The normalized spacial score (nSPS) is 48.3. The fourth-order valence-electron chi connectivity index (χ4n) is 6.46. The molecular formula is C21H25ClO5. The average Bonchev–Trinajstić information content (AvgIpc) is 2.87. The number of allylic oxidation sites excluding steroid dienone is 6. The molecule has 0 aromatic rings. The Morgan fingerprint density at radius 2 is 2.07 bits per heavy atom. The van der Waals surface area contributed by atoms with Gasteiger partial charge in [0.25, 0.3) is 0 Å². The van der Waals surface area contributed by atoms with Crippen molar-refractivity contribution < 1.29 is 24.9 Å². The van der Waals surface area contributed by atoms with Crippen LogP contribution in [0.1, 0.15) is 33.1 Å². The molecule has 6 heteroatoms. The summed E-state index contributed by atoms with van der Waals surface area (Å²) >= 11 is 6.57. The number of carbonyl (C=O) groups excluding carboxylic acids is 2. The predicted molar refractivity (Wildman–Crippen MR) is 99.8 cm³/mol. The highest BCUT2D eigenvalue weighted by Gasteiger charge is 2.67. The van der Waals surface area contributed by atoms with Gasteiger partial charge in [-0.25, -0.2) is 0 Å². The van der Waals surface area contributed by atoms with E-state index in [1.165, 1.54) is 12.2 Å². The second-order valence-electron chi connectivity index (χ2n) is 8.97. The number of aliphatic hydroxyl groups is 3. The van der Waals surface area contributed by atoms with E-state index in [-0.39, 0.29) is 36.4 Å². The lowest BCUT2D eigenvalue weighted by Gasteiger charge is -2.58. The third kappa shape index (κ3) is 2.29. The molecule has 2 saturated carbocycles. The van der Waals surface area contributed by atoms with Gasteiger partial charge in [0.05, 0.1) is 6.10 Å². The number of aliphatic hydroxyl groups excluding tert-OH is 2. The van der Waals surface area contributed by atoms with Gasteiger partial charge in [0.15, 0.2) is 11.6 Å². The summed E-state index contributed by atoms with van der Waals surface area (Å²) in [6, 6.07) is 0. The highest BCUT2D eigenvalue weighted by atomic mass is 35.5. The molecule has 7 atom stereocenters. The highest BCUT2D eigenvalue weighted by molar-refractivity contribution is 6.32. The molecule has 146 valence electrons. The van der Waals surface area contributed by atoms with E-state index in [0.29, 0.717) is 11.5 Å². The van der Waals surface area contributed by atoms with Crippen LogP contribution in [-0.2, 0) is 9.59 Å². The van der Waals surface area contributed by atoms with Gasteiger partial charge in [-0.1, -0.05) is 37.6 Å². The molecule has 0 radical (unpaired) electrons. The van der Waals surface area contributed by atoms with Crippen LogP contribution < -0.4 is 0 Å². The molecule has 4 rings (SSSR count). The van der Waals surface area contributed by atoms with Crippen molar-refractivity contribution >= 4 is 23.2 Å². The first-order chi connectivity index (χ1) is 12.6. The van der Waals surface area contributed by atoms with Gasteiger partial charge in [-0.05, 0) is 48.8 Å². The van der Waals surface area contributed by atoms with Gasteiger partial charge >= 0.3 is 0 Å². The fourth-order valence-corrected chi connectivity index (χ4v) is 6.86. The smallest absolute Gasteiger partial charge is 0.190 e. The van der Waals surface area contributed by atoms with Gasteiger partial charge in [-0.2, -0.15) is 0 Å². The van der Waals surface area contributed by atoms with Crippen LogP contribution in [0.25, 0.3) is 0 Å². The molecule has 1 unspecified atom stereocenters. The van der Waals surface area contributed by atoms with Crippen LogP contribution in [-0.4, -0.2) is 45.2 Å². The number of hydrogen-bond acceptors (Lipinski definition) is 5. The van der Waals surface area contributed by atoms with Crippen LogP contribution in [0.4, 0.5) is 0 Å². The highest BCUT2D eigenvalue weighted by Crippen LogP contribution is 2.66. The summed E-state index contributed by atoms with van der Waals surface area (Å²) in [5, 5.41) is 32.2. The van der Waals surface area contributed by atoms with Crippen LogP contribution in [0, 0.1) is 28.6 Å². The number of carbonyl (C=O) groups is 2. The number of halogens is 1. The van der Waals surface area contributed by atoms with Crippen LogP contribution in [0.3, 0.4) is 0 Å². The number of Topliss-reactive ketones (excluding diaryl/α,β-unsaturated/α-hetero) is 1. The van der Waals surface area contributed by atoms with Crippen molar-refractivity contribution in [3.05, 3.63) is 34.9 Å². The van der Waals surface area contributed by atoms with Crippen LogP contribution >= 0.6 is 11.6 Å². The van der Waals surface area contributed by atoms with Crippen molar-refractivity contribution in [2.75, 3.05) is 6.61 Å². The van der Waals surface area contributed by atoms with Crippen molar-refractivity contribution in [1.82, 2.24) is 0 Å². The van der Waals surface area contributed by atoms with Crippen molar-refractivity contribution in [1.29, 1.82) is 0 Å². The summed E-state index contributed by atoms with van der Waals surface area (Å²) in [6.07, 6.45) is 7.16. The molecule has 27 heavy (non-hydrogen) atoms. The summed E-state index contributed by atoms with van der Waals surface area (Å²) in [6.45, 7) is 3.11. The molecule has 5 nitrogen and oxygen atoms in total. The molecule has 0 bridgehead atoms. The van der Waals surface area contributed by atoms with Gasteiger partial charge in [-0.15, -0.1) is 0 Å². The Kier molecular flexibility index (Phi) is 4.14. The summed E-state index contributed by atoms with van der Waals surface area (Å²) < 4.78 is 0. The standard InChI is InChI=1S/C21H25ClO5/c1-19-5-3-11(24)7-14(19)15(22)8-12-13-4-6-21(27,17(26)10-23)20(13,2)9-16(25)18(12)19/h3,5,7-8,12-13,16,18,23,25,27H,4,6,9-10H2,1-2H3/t12-,13-,16-,18?,19-,20-,21-/m0/s1. The minimum atomic E-state index is -1.64. The van der Waals surface area contributed by atoms with E-state index in [1.54, 1.807) is 0 Å². The van der Waals surface area contributed by atoms with E-state index in [1.807, 2.05) is 26.0 Å². The van der Waals surface area contributed by atoms with E-state index in [4.69, 9.17) is 11.6 Å². The Morgan fingerprint density at radius 3 is 2.74 bits per heavy atom. The first-order valence-electron chi connectivity index (χ1n) is 9.46. The maximum atomic E-state index is 12.4. The second-order valence-corrected chi connectivity index (χ2v) is 9.38. The Bertz CT molecular complexity index is 813. The molecular weight excluding hydrogens is 368 g/mol. The van der Waals surface area contributed by atoms with E-state index in [9.17, 15) is 24.9 Å². The third-order valence-corrected chi connectivity index (χ3v) is 8.19. The Labute approximate surface area is 163 Å². The minimum Gasteiger partial charge on any atom is -0.393 e.